The summed E-state index contributed by atoms with van der Waals surface area (Å²) in [6.07, 6.45) is 1.33. The van der Waals surface area contributed by atoms with E-state index >= 15 is 0 Å². The van der Waals surface area contributed by atoms with Crippen LogP contribution in [-0.2, 0) is 11.3 Å². The molecule has 4 nitrogen and oxygen atoms in total. The van der Waals surface area contributed by atoms with E-state index in [0.29, 0.717) is 0 Å². The molecule has 0 bridgehead atoms. The van der Waals surface area contributed by atoms with Gasteiger partial charge in [0.15, 0.2) is 0 Å². The highest BCUT2D eigenvalue weighted by atomic mass is 16.5. The summed E-state index contributed by atoms with van der Waals surface area (Å²) in [5.74, 6) is 0.800. The molecule has 0 saturated carbocycles. The summed E-state index contributed by atoms with van der Waals surface area (Å²) < 4.78 is 5.51. The molecule has 1 atom stereocenters. The van der Waals surface area contributed by atoms with Crippen LogP contribution < -0.4 is 0 Å². The Hall–Kier alpha value is -0.940. The van der Waals surface area contributed by atoms with Crippen LogP contribution in [0.1, 0.15) is 25.8 Å². The van der Waals surface area contributed by atoms with E-state index in [1.807, 2.05) is 0 Å². The first-order chi connectivity index (χ1) is 12.0. The largest absolute Gasteiger partial charge is 0.379 e. The van der Waals surface area contributed by atoms with Crippen LogP contribution in [0.4, 0.5) is 0 Å². The van der Waals surface area contributed by atoms with Gasteiger partial charge in [0.25, 0.3) is 0 Å². The molecule has 140 valence electrons. The maximum atomic E-state index is 5.51. The zero-order valence-electron chi connectivity index (χ0n) is 16.3. The first-order valence-electron chi connectivity index (χ1n) is 9.80. The number of likely N-dealkylation sites (tertiary alicyclic amines) is 1. The van der Waals surface area contributed by atoms with Crippen molar-refractivity contribution in [1.29, 1.82) is 0 Å². The van der Waals surface area contributed by atoms with Gasteiger partial charge < -0.3 is 9.64 Å². The minimum absolute atomic E-state index is 0.223. The maximum Gasteiger partial charge on any atom is 0.0594 e. The minimum Gasteiger partial charge on any atom is -0.379 e. The van der Waals surface area contributed by atoms with E-state index in [0.717, 1.165) is 45.3 Å². The lowest BCUT2D eigenvalue weighted by atomic mass is 10.00. The van der Waals surface area contributed by atoms with E-state index in [4.69, 9.17) is 4.74 Å². The molecule has 0 spiro atoms. The number of nitrogens with zero attached hydrogens (tertiary/aromatic N) is 3. The van der Waals surface area contributed by atoms with Crippen molar-refractivity contribution in [1.82, 2.24) is 14.7 Å². The first kappa shape index (κ1) is 18.8. The highest BCUT2D eigenvalue weighted by molar-refractivity contribution is 5.14. The van der Waals surface area contributed by atoms with E-state index in [9.17, 15) is 0 Å². The predicted molar refractivity (Wildman–Crippen MR) is 104 cm³/mol. The number of hydrogen-bond donors (Lipinski definition) is 0. The molecule has 4 heteroatoms. The highest BCUT2D eigenvalue weighted by Crippen LogP contribution is 2.22. The standard InChI is InChI=1S/C21H35N3O/c1-21(2,24-11-13-25-14-12-24)18-22(3)15-20-9-10-23(17-20)16-19-7-5-4-6-8-19/h4-8,20H,9-18H2,1-3H3/t20-/m1/s1. The summed E-state index contributed by atoms with van der Waals surface area (Å²) in [6.45, 7) is 14.5. The molecule has 0 aromatic heterocycles. The summed E-state index contributed by atoms with van der Waals surface area (Å²) >= 11 is 0. The smallest absolute Gasteiger partial charge is 0.0594 e. The number of rotatable bonds is 7. The van der Waals surface area contributed by atoms with Crippen molar-refractivity contribution < 1.29 is 4.74 Å². The molecule has 1 aromatic carbocycles. The number of benzene rings is 1. The normalized spacial score (nSPS) is 23.4. The van der Waals surface area contributed by atoms with Crippen molar-refractivity contribution in [3.8, 4) is 0 Å². The van der Waals surface area contributed by atoms with E-state index in [2.05, 4.69) is 65.9 Å². The average Bonchev–Trinajstić information content (AvgIpc) is 3.03. The highest BCUT2D eigenvalue weighted by Gasteiger charge is 2.31. The monoisotopic (exact) mass is 345 g/mol. The van der Waals surface area contributed by atoms with Crippen molar-refractivity contribution in [3.63, 3.8) is 0 Å². The molecule has 2 heterocycles. The van der Waals surface area contributed by atoms with Crippen molar-refractivity contribution in [3.05, 3.63) is 35.9 Å². The number of likely N-dealkylation sites (N-methyl/N-ethyl adjacent to an activating group) is 1. The Morgan fingerprint density at radius 2 is 1.84 bits per heavy atom. The molecule has 2 saturated heterocycles. The van der Waals surface area contributed by atoms with Crippen LogP contribution in [-0.4, -0.2) is 79.8 Å². The molecule has 0 amide bonds. The van der Waals surface area contributed by atoms with Crippen LogP contribution in [0.5, 0.6) is 0 Å². The van der Waals surface area contributed by atoms with E-state index in [1.165, 1.54) is 31.6 Å². The van der Waals surface area contributed by atoms with Crippen molar-refractivity contribution >= 4 is 0 Å². The van der Waals surface area contributed by atoms with Crippen molar-refractivity contribution in [2.24, 2.45) is 5.92 Å². The van der Waals surface area contributed by atoms with Gasteiger partial charge >= 0.3 is 0 Å². The lowest BCUT2D eigenvalue weighted by molar-refractivity contribution is -0.0203. The predicted octanol–water partition coefficient (Wildman–Crippen LogP) is 2.55. The Balaban J connectivity index is 1.43. The van der Waals surface area contributed by atoms with Gasteiger partial charge in [0.05, 0.1) is 13.2 Å². The molecular weight excluding hydrogens is 310 g/mol. The summed E-state index contributed by atoms with van der Waals surface area (Å²) in [5.41, 5.74) is 1.66. The molecule has 0 unspecified atom stereocenters. The SMILES string of the molecule is CN(C[C@H]1CCN(Cc2ccccc2)C1)CC(C)(C)N1CCOCC1. The summed E-state index contributed by atoms with van der Waals surface area (Å²) in [7, 11) is 2.29. The Kier molecular flexibility index (Phi) is 6.50. The molecule has 2 aliphatic rings. The minimum atomic E-state index is 0.223. The van der Waals surface area contributed by atoms with Gasteiger partial charge in [-0.25, -0.2) is 0 Å². The molecule has 0 radical (unpaired) electrons. The van der Waals surface area contributed by atoms with E-state index in [1.54, 1.807) is 0 Å². The number of hydrogen-bond acceptors (Lipinski definition) is 4. The third-order valence-corrected chi connectivity index (χ3v) is 5.71. The van der Waals surface area contributed by atoms with Gasteiger partial charge in [-0.15, -0.1) is 0 Å². The first-order valence-corrected chi connectivity index (χ1v) is 9.80. The number of ether oxygens (including phenoxy) is 1. The molecule has 3 rings (SSSR count). The second-order valence-electron chi connectivity index (χ2n) is 8.48. The summed E-state index contributed by atoms with van der Waals surface area (Å²) in [4.78, 5) is 7.75. The quantitative estimate of drug-likeness (QED) is 0.756. The maximum absolute atomic E-state index is 5.51. The Morgan fingerprint density at radius 1 is 1.12 bits per heavy atom. The average molecular weight is 346 g/mol. The van der Waals surface area contributed by atoms with Gasteiger partial charge in [-0.2, -0.15) is 0 Å². The van der Waals surface area contributed by atoms with Gasteiger partial charge in [0.2, 0.25) is 0 Å². The van der Waals surface area contributed by atoms with Crippen molar-refractivity contribution in [2.45, 2.75) is 32.4 Å². The van der Waals surface area contributed by atoms with E-state index < -0.39 is 0 Å². The summed E-state index contributed by atoms with van der Waals surface area (Å²) in [6, 6.07) is 10.9. The molecular formula is C21H35N3O. The lowest BCUT2D eigenvalue weighted by Gasteiger charge is -2.43. The van der Waals surface area contributed by atoms with Gasteiger partial charge in [0, 0.05) is 44.8 Å². The lowest BCUT2D eigenvalue weighted by Crippen LogP contribution is -2.55. The fourth-order valence-electron chi connectivity index (χ4n) is 4.48. The Morgan fingerprint density at radius 3 is 2.56 bits per heavy atom. The van der Waals surface area contributed by atoms with Crippen LogP contribution in [0, 0.1) is 5.92 Å². The fourth-order valence-corrected chi connectivity index (χ4v) is 4.48. The van der Waals surface area contributed by atoms with Gasteiger partial charge in [-0.05, 0) is 45.3 Å². The van der Waals surface area contributed by atoms with Gasteiger partial charge in [-0.3, -0.25) is 9.80 Å². The fraction of sp³-hybridized carbons (Fsp3) is 0.714. The Labute approximate surface area is 153 Å². The molecule has 0 N–H and O–H groups in total. The van der Waals surface area contributed by atoms with Crippen LogP contribution in [0.25, 0.3) is 0 Å². The topological polar surface area (TPSA) is 19.0 Å². The van der Waals surface area contributed by atoms with Crippen LogP contribution in [0.15, 0.2) is 30.3 Å². The zero-order valence-corrected chi connectivity index (χ0v) is 16.3. The second kappa shape index (κ2) is 8.63. The van der Waals surface area contributed by atoms with Crippen LogP contribution in [0.3, 0.4) is 0 Å². The third-order valence-electron chi connectivity index (χ3n) is 5.71. The third kappa shape index (κ3) is 5.52. The van der Waals surface area contributed by atoms with Crippen molar-refractivity contribution in [2.75, 3.05) is 59.5 Å². The van der Waals surface area contributed by atoms with Crippen LogP contribution in [0.2, 0.25) is 0 Å². The molecule has 1 aromatic rings. The second-order valence-corrected chi connectivity index (χ2v) is 8.48. The van der Waals surface area contributed by atoms with E-state index in [-0.39, 0.29) is 5.54 Å². The Bertz CT molecular complexity index is 513. The number of morpholine rings is 1. The van der Waals surface area contributed by atoms with Gasteiger partial charge in [0.1, 0.15) is 0 Å². The molecule has 25 heavy (non-hydrogen) atoms. The molecule has 2 aliphatic heterocycles. The zero-order chi connectivity index (χ0) is 17.7. The molecule has 2 fully saturated rings. The molecule has 0 aliphatic carbocycles. The van der Waals surface area contributed by atoms with Crippen LogP contribution >= 0.6 is 0 Å². The van der Waals surface area contributed by atoms with Gasteiger partial charge in [-0.1, -0.05) is 30.3 Å². The summed E-state index contributed by atoms with van der Waals surface area (Å²) in [5, 5.41) is 0.